The molecule has 0 amide bonds. The second-order valence-corrected chi connectivity index (χ2v) is 5.43. The zero-order valence-electron chi connectivity index (χ0n) is 10.6. The lowest BCUT2D eigenvalue weighted by molar-refractivity contribution is 0.759. The van der Waals surface area contributed by atoms with Gasteiger partial charge in [0.1, 0.15) is 0 Å². The number of hydrogen-bond donors (Lipinski definition) is 0. The molecule has 0 aliphatic heterocycles. The van der Waals surface area contributed by atoms with Gasteiger partial charge in [0.05, 0.1) is 0 Å². The summed E-state index contributed by atoms with van der Waals surface area (Å²) >= 11 is 7.38. The Morgan fingerprint density at radius 1 is 1.10 bits per heavy atom. The van der Waals surface area contributed by atoms with E-state index in [2.05, 4.69) is 20.1 Å². The fourth-order valence-corrected chi connectivity index (χ4v) is 2.52. The molecule has 0 spiro atoms. The molecule has 0 fully saturated rings. The lowest BCUT2D eigenvalue weighted by atomic mass is 10.2. The minimum absolute atomic E-state index is 0.153. The number of rotatable bonds is 3. The molecule has 100 valence electrons. The number of hydrogen-bond acceptors (Lipinski definition) is 5. The summed E-state index contributed by atoms with van der Waals surface area (Å²) in [5, 5.41) is 4.78. The van der Waals surface area contributed by atoms with E-state index in [0.717, 1.165) is 4.90 Å². The van der Waals surface area contributed by atoms with Gasteiger partial charge in [0, 0.05) is 17.3 Å². The van der Waals surface area contributed by atoms with Gasteiger partial charge in [-0.2, -0.15) is 20.1 Å². The predicted octanol–water partition coefficient (Wildman–Crippen LogP) is 3.17. The molecule has 2 heterocycles. The van der Waals surface area contributed by atoms with E-state index < -0.39 is 0 Å². The van der Waals surface area contributed by atoms with Crippen LogP contribution in [0.25, 0.3) is 5.95 Å². The zero-order valence-corrected chi connectivity index (χ0v) is 12.1. The van der Waals surface area contributed by atoms with Crippen LogP contribution in [0.1, 0.15) is 5.56 Å². The Kier molecular flexibility index (Phi) is 3.66. The highest BCUT2D eigenvalue weighted by atomic mass is 35.5. The standard InChI is InChI=1S/C13H10ClN5S/c1-9-3-5-10(6-4-9)20-13-17-11(14)16-12(18-13)19-8-2-7-15-19/h2-8H,1H3. The van der Waals surface area contributed by atoms with Gasteiger partial charge in [0.15, 0.2) is 5.16 Å². The van der Waals surface area contributed by atoms with Crippen LogP contribution in [-0.4, -0.2) is 24.7 Å². The maximum Gasteiger partial charge on any atom is 0.255 e. The molecule has 1 aromatic carbocycles. The fourth-order valence-electron chi connectivity index (χ4n) is 1.57. The minimum atomic E-state index is 0.153. The highest BCUT2D eigenvalue weighted by molar-refractivity contribution is 7.99. The molecule has 5 nitrogen and oxygen atoms in total. The topological polar surface area (TPSA) is 56.5 Å². The molecular formula is C13H10ClN5S. The van der Waals surface area contributed by atoms with Crippen LogP contribution in [0.5, 0.6) is 0 Å². The lowest BCUT2D eigenvalue weighted by Gasteiger charge is -2.04. The maximum atomic E-state index is 5.94. The molecular weight excluding hydrogens is 294 g/mol. The van der Waals surface area contributed by atoms with Crippen LogP contribution in [0.4, 0.5) is 0 Å². The molecule has 3 aromatic rings. The van der Waals surface area contributed by atoms with Gasteiger partial charge in [-0.3, -0.25) is 0 Å². The largest absolute Gasteiger partial charge is 0.255 e. The van der Waals surface area contributed by atoms with Crippen molar-refractivity contribution < 1.29 is 0 Å². The first kappa shape index (κ1) is 13.1. The smallest absolute Gasteiger partial charge is 0.206 e. The summed E-state index contributed by atoms with van der Waals surface area (Å²) in [6, 6.07) is 9.92. The van der Waals surface area contributed by atoms with Crippen molar-refractivity contribution in [2.24, 2.45) is 0 Å². The third-order valence-electron chi connectivity index (χ3n) is 2.52. The number of nitrogens with zero attached hydrogens (tertiary/aromatic N) is 5. The van der Waals surface area contributed by atoms with Gasteiger partial charge in [0.25, 0.3) is 5.95 Å². The summed E-state index contributed by atoms with van der Waals surface area (Å²) in [6.07, 6.45) is 3.41. The molecule has 0 saturated heterocycles. The van der Waals surface area contributed by atoms with E-state index in [9.17, 15) is 0 Å². The van der Waals surface area contributed by atoms with Gasteiger partial charge in [0.2, 0.25) is 5.28 Å². The Morgan fingerprint density at radius 2 is 1.90 bits per heavy atom. The number of aromatic nitrogens is 5. The van der Waals surface area contributed by atoms with E-state index >= 15 is 0 Å². The third kappa shape index (κ3) is 2.97. The van der Waals surface area contributed by atoms with Gasteiger partial charge >= 0.3 is 0 Å². The van der Waals surface area contributed by atoms with Crippen LogP contribution < -0.4 is 0 Å². The van der Waals surface area contributed by atoms with Gasteiger partial charge in [-0.25, -0.2) is 4.68 Å². The minimum Gasteiger partial charge on any atom is -0.206 e. The van der Waals surface area contributed by atoms with E-state index in [1.54, 1.807) is 23.1 Å². The second-order valence-electron chi connectivity index (χ2n) is 4.05. The Balaban J connectivity index is 1.92. The molecule has 20 heavy (non-hydrogen) atoms. The van der Waals surface area contributed by atoms with E-state index in [1.165, 1.54) is 17.3 Å². The van der Waals surface area contributed by atoms with Crippen molar-refractivity contribution in [1.82, 2.24) is 24.7 Å². The Hall–Kier alpha value is -1.92. The van der Waals surface area contributed by atoms with Crippen molar-refractivity contribution in [1.29, 1.82) is 0 Å². The van der Waals surface area contributed by atoms with Gasteiger partial charge in [-0.1, -0.05) is 17.7 Å². The monoisotopic (exact) mass is 303 g/mol. The first-order valence-corrected chi connectivity index (χ1v) is 7.06. The first-order chi connectivity index (χ1) is 9.70. The van der Waals surface area contributed by atoms with Crippen molar-refractivity contribution >= 4 is 23.4 Å². The molecule has 0 radical (unpaired) electrons. The summed E-state index contributed by atoms with van der Waals surface area (Å²) < 4.78 is 1.55. The van der Waals surface area contributed by atoms with Crippen LogP contribution >= 0.6 is 23.4 Å². The third-order valence-corrected chi connectivity index (χ3v) is 3.56. The molecule has 7 heteroatoms. The first-order valence-electron chi connectivity index (χ1n) is 5.87. The highest BCUT2D eigenvalue weighted by Crippen LogP contribution is 2.25. The molecule has 0 atom stereocenters. The second kappa shape index (κ2) is 5.60. The van der Waals surface area contributed by atoms with Crippen molar-refractivity contribution in [3.8, 4) is 5.95 Å². The van der Waals surface area contributed by atoms with Gasteiger partial charge in [-0.15, -0.1) is 0 Å². The summed E-state index contributed by atoms with van der Waals surface area (Å²) in [4.78, 5) is 13.6. The molecule has 2 aromatic heterocycles. The molecule has 0 N–H and O–H groups in total. The Morgan fingerprint density at radius 3 is 2.60 bits per heavy atom. The van der Waals surface area contributed by atoms with Crippen molar-refractivity contribution in [2.75, 3.05) is 0 Å². The van der Waals surface area contributed by atoms with Gasteiger partial charge in [-0.05, 0) is 48.5 Å². The predicted molar refractivity (Wildman–Crippen MR) is 77.3 cm³/mol. The average Bonchev–Trinajstić information content (AvgIpc) is 2.95. The zero-order chi connectivity index (χ0) is 13.9. The molecule has 0 unspecified atom stereocenters. The van der Waals surface area contributed by atoms with Crippen molar-refractivity contribution in [2.45, 2.75) is 17.0 Å². The molecule has 3 rings (SSSR count). The summed E-state index contributed by atoms with van der Waals surface area (Å²) in [7, 11) is 0. The Bertz CT molecular complexity index is 712. The quantitative estimate of drug-likeness (QED) is 0.744. The lowest BCUT2D eigenvalue weighted by Crippen LogP contribution is -2.04. The Labute approximate surface area is 125 Å². The van der Waals surface area contributed by atoms with Crippen LogP contribution in [0, 0.1) is 6.92 Å². The molecule has 0 saturated carbocycles. The van der Waals surface area contributed by atoms with Crippen LogP contribution in [-0.2, 0) is 0 Å². The summed E-state index contributed by atoms with van der Waals surface area (Å²) in [5.74, 6) is 0.407. The molecule has 0 bridgehead atoms. The SMILES string of the molecule is Cc1ccc(Sc2nc(Cl)nc(-n3cccn3)n2)cc1. The van der Waals surface area contributed by atoms with Crippen LogP contribution in [0.15, 0.2) is 52.8 Å². The van der Waals surface area contributed by atoms with Crippen LogP contribution in [0.2, 0.25) is 5.28 Å². The van der Waals surface area contributed by atoms with Crippen molar-refractivity contribution in [3.05, 3.63) is 53.6 Å². The summed E-state index contributed by atoms with van der Waals surface area (Å²) in [6.45, 7) is 2.05. The van der Waals surface area contributed by atoms with E-state index in [1.807, 2.05) is 31.2 Å². The van der Waals surface area contributed by atoms with E-state index in [0.29, 0.717) is 11.1 Å². The maximum absolute atomic E-state index is 5.94. The normalized spacial score (nSPS) is 10.7. The number of halogens is 1. The average molecular weight is 304 g/mol. The van der Waals surface area contributed by atoms with Gasteiger partial charge < -0.3 is 0 Å². The molecule has 0 aliphatic rings. The fraction of sp³-hybridized carbons (Fsp3) is 0.0769. The molecule has 0 aliphatic carbocycles. The van der Waals surface area contributed by atoms with Crippen molar-refractivity contribution in [3.63, 3.8) is 0 Å². The highest BCUT2D eigenvalue weighted by Gasteiger charge is 2.08. The van der Waals surface area contributed by atoms with E-state index in [4.69, 9.17) is 11.6 Å². The van der Waals surface area contributed by atoms with E-state index in [-0.39, 0.29) is 5.28 Å². The number of aryl methyl sites for hydroxylation is 1. The summed E-state index contributed by atoms with van der Waals surface area (Å²) in [5.41, 5.74) is 1.21. The number of benzene rings is 1. The van der Waals surface area contributed by atoms with Crippen LogP contribution in [0.3, 0.4) is 0 Å².